The molecule has 4 heteroatoms. The zero-order valence-electron chi connectivity index (χ0n) is 10.1. The monoisotopic (exact) mass is 261 g/mol. The first-order valence-electron chi connectivity index (χ1n) is 5.70. The Kier molecular flexibility index (Phi) is 5.25. The molecule has 16 heavy (non-hydrogen) atoms. The Morgan fingerprint density at radius 1 is 1.50 bits per heavy atom. The van der Waals surface area contributed by atoms with Gasteiger partial charge in [-0.3, -0.25) is 0 Å². The minimum absolute atomic E-state index is 0.230. The molecule has 1 unspecified atom stereocenters. The number of rotatable bonds is 6. The van der Waals surface area contributed by atoms with Crippen LogP contribution in [0.2, 0.25) is 4.34 Å². The molecular formula is C12H20ClNOS. The summed E-state index contributed by atoms with van der Waals surface area (Å²) < 4.78 is 0.810. The lowest BCUT2D eigenvalue weighted by Crippen LogP contribution is -2.40. The Morgan fingerprint density at radius 2 is 2.12 bits per heavy atom. The van der Waals surface area contributed by atoms with Crippen molar-refractivity contribution in [1.82, 2.24) is 5.32 Å². The maximum atomic E-state index is 10.1. The van der Waals surface area contributed by atoms with Crippen molar-refractivity contribution in [2.75, 3.05) is 6.54 Å². The lowest BCUT2D eigenvalue weighted by atomic mass is 9.97. The van der Waals surface area contributed by atoms with E-state index < -0.39 is 5.60 Å². The second kappa shape index (κ2) is 6.01. The minimum atomic E-state index is -0.589. The number of halogens is 1. The molecule has 0 aliphatic carbocycles. The number of hydrogen-bond donors (Lipinski definition) is 2. The number of thiophene rings is 1. The van der Waals surface area contributed by atoms with E-state index in [0.29, 0.717) is 6.54 Å². The Hall–Kier alpha value is -0.0900. The standard InChI is InChI=1S/C12H20ClNOS/c1-4-12(15,5-2)8-14-9(3)10-6-11(13)16-7-10/h6-7,9,14-15H,4-5,8H2,1-3H3. The summed E-state index contributed by atoms with van der Waals surface area (Å²) in [5, 5.41) is 15.5. The molecule has 0 fully saturated rings. The fourth-order valence-electron chi connectivity index (χ4n) is 1.51. The molecule has 2 N–H and O–H groups in total. The van der Waals surface area contributed by atoms with Gasteiger partial charge in [0.05, 0.1) is 9.94 Å². The van der Waals surface area contributed by atoms with Gasteiger partial charge in [-0.05, 0) is 36.8 Å². The number of aliphatic hydroxyl groups is 1. The van der Waals surface area contributed by atoms with Gasteiger partial charge in [0.15, 0.2) is 0 Å². The van der Waals surface area contributed by atoms with Gasteiger partial charge in [0.2, 0.25) is 0 Å². The first-order valence-corrected chi connectivity index (χ1v) is 6.96. The highest BCUT2D eigenvalue weighted by molar-refractivity contribution is 7.14. The molecule has 1 rings (SSSR count). The van der Waals surface area contributed by atoms with E-state index in [1.54, 1.807) is 11.3 Å². The van der Waals surface area contributed by atoms with E-state index in [0.717, 1.165) is 17.2 Å². The van der Waals surface area contributed by atoms with Gasteiger partial charge in [-0.2, -0.15) is 0 Å². The topological polar surface area (TPSA) is 32.3 Å². The highest BCUT2D eigenvalue weighted by Crippen LogP contribution is 2.25. The summed E-state index contributed by atoms with van der Waals surface area (Å²) in [5.74, 6) is 0. The van der Waals surface area contributed by atoms with Crippen LogP contribution in [-0.4, -0.2) is 17.3 Å². The van der Waals surface area contributed by atoms with E-state index in [2.05, 4.69) is 17.6 Å². The molecule has 0 saturated carbocycles. The Bertz CT molecular complexity index is 323. The lowest BCUT2D eigenvalue weighted by Gasteiger charge is -2.27. The SMILES string of the molecule is CCC(O)(CC)CNC(C)c1csc(Cl)c1. The van der Waals surface area contributed by atoms with Crippen LogP contribution in [0.15, 0.2) is 11.4 Å². The molecule has 92 valence electrons. The summed E-state index contributed by atoms with van der Waals surface area (Å²) in [7, 11) is 0. The first kappa shape index (κ1) is 14.0. The summed E-state index contributed by atoms with van der Waals surface area (Å²) in [6.07, 6.45) is 1.54. The molecule has 0 radical (unpaired) electrons. The van der Waals surface area contributed by atoms with Crippen molar-refractivity contribution in [3.05, 3.63) is 21.3 Å². The Labute approximate surface area is 107 Å². The lowest BCUT2D eigenvalue weighted by molar-refractivity contribution is 0.0303. The highest BCUT2D eigenvalue weighted by atomic mass is 35.5. The van der Waals surface area contributed by atoms with Gasteiger partial charge >= 0.3 is 0 Å². The van der Waals surface area contributed by atoms with Crippen molar-refractivity contribution in [3.8, 4) is 0 Å². The molecule has 0 aromatic carbocycles. The van der Waals surface area contributed by atoms with Gasteiger partial charge < -0.3 is 10.4 Å². The molecule has 1 atom stereocenters. The van der Waals surface area contributed by atoms with Gasteiger partial charge in [0, 0.05) is 12.6 Å². The van der Waals surface area contributed by atoms with Gasteiger partial charge in [0.1, 0.15) is 0 Å². The third-order valence-electron chi connectivity index (χ3n) is 3.14. The second-order valence-electron chi connectivity index (χ2n) is 4.22. The predicted molar refractivity (Wildman–Crippen MR) is 71.3 cm³/mol. The molecule has 1 aromatic rings. The van der Waals surface area contributed by atoms with Gasteiger partial charge in [0.25, 0.3) is 0 Å². The van der Waals surface area contributed by atoms with Crippen LogP contribution in [-0.2, 0) is 0 Å². The van der Waals surface area contributed by atoms with E-state index in [9.17, 15) is 5.11 Å². The molecule has 1 aromatic heterocycles. The average molecular weight is 262 g/mol. The van der Waals surface area contributed by atoms with E-state index in [1.165, 1.54) is 5.56 Å². The molecule has 0 amide bonds. The van der Waals surface area contributed by atoms with Gasteiger partial charge in [-0.25, -0.2) is 0 Å². The summed E-state index contributed by atoms with van der Waals surface area (Å²) in [4.78, 5) is 0. The van der Waals surface area contributed by atoms with Crippen molar-refractivity contribution < 1.29 is 5.11 Å². The number of nitrogens with one attached hydrogen (secondary N) is 1. The summed E-state index contributed by atoms with van der Waals surface area (Å²) in [6.45, 7) is 6.73. The molecule has 0 aliphatic heterocycles. The summed E-state index contributed by atoms with van der Waals surface area (Å²) in [5.41, 5.74) is 0.596. The molecule has 1 heterocycles. The summed E-state index contributed by atoms with van der Waals surface area (Å²) in [6, 6.07) is 2.20. The molecular weight excluding hydrogens is 242 g/mol. The molecule has 0 aliphatic rings. The van der Waals surface area contributed by atoms with Crippen LogP contribution in [0.4, 0.5) is 0 Å². The third kappa shape index (κ3) is 3.74. The van der Waals surface area contributed by atoms with Crippen molar-refractivity contribution in [1.29, 1.82) is 0 Å². The Morgan fingerprint density at radius 3 is 2.56 bits per heavy atom. The van der Waals surface area contributed by atoms with E-state index >= 15 is 0 Å². The van der Waals surface area contributed by atoms with Crippen molar-refractivity contribution in [2.24, 2.45) is 0 Å². The summed E-state index contributed by atoms with van der Waals surface area (Å²) >= 11 is 7.43. The third-order valence-corrected chi connectivity index (χ3v) is 4.25. The van der Waals surface area contributed by atoms with Crippen LogP contribution in [0.5, 0.6) is 0 Å². The fraction of sp³-hybridized carbons (Fsp3) is 0.667. The highest BCUT2D eigenvalue weighted by Gasteiger charge is 2.22. The first-order chi connectivity index (χ1) is 7.50. The van der Waals surface area contributed by atoms with Crippen LogP contribution in [0.25, 0.3) is 0 Å². The average Bonchev–Trinajstić information content (AvgIpc) is 2.72. The second-order valence-corrected chi connectivity index (χ2v) is 5.76. The van der Waals surface area contributed by atoms with Gasteiger partial charge in [-0.1, -0.05) is 25.4 Å². The molecule has 2 nitrogen and oxygen atoms in total. The zero-order chi connectivity index (χ0) is 12.2. The zero-order valence-corrected chi connectivity index (χ0v) is 11.7. The maximum Gasteiger partial charge on any atom is 0.0931 e. The smallest absolute Gasteiger partial charge is 0.0931 e. The minimum Gasteiger partial charge on any atom is -0.389 e. The molecule has 0 bridgehead atoms. The van der Waals surface area contributed by atoms with Crippen molar-refractivity contribution >= 4 is 22.9 Å². The largest absolute Gasteiger partial charge is 0.389 e. The van der Waals surface area contributed by atoms with Crippen LogP contribution in [0.1, 0.15) is 45.2 Å². The molecule has 0 saturated heterocycles. The maximum absolute atomic E-state index is 10.1. The fourth-order valence-corrected chi connectivity index (χ4v) is 2.50. The number of hydrogen-bond acceptors (Lipinski definition) is 3. The van der Waals surface area contributed by atoms with E-state index in [4.69, 9.17) is 11.6 Å². The Balaban J connectivity index is 2.49. The van der Waals surface area contributed by atoms with Crippen molar-refractivity contribution in [2.45, 2.75) is 45.3 Å². The predicted octanol–water partition coefficient (Wildman–Crippen LogP) is 3.60. The van der Waals surface area contributed by atoms with Crippen molar-refractivity contribution in [3.63, 3.8) is 0 Å². The normalized spacial score (nSPS) is 14.1. The van der Waals surface area contributed by atoms with E-state index in [1.807, 2.05) is 19.9 Å². The molecule has 0 spiro atoms. The van der Waals surface area contributed by atoms with E-state index in [-0.39, 0.29) is 6.04 Å². The van der Waals surface area contributed by atoms with Gasteiger partial charge in [-0.15, -0.1) is 11.3 Å². The van der Waals surface area contributed by atoms with Crippen LogP contribution >= 0.6 is 22.9 Å². The van der Waals surface area contributed by atoms with Crippen LogP contribution in [0, 0.1) is 0 Å². The van der Waals surface area contributed by atoms with Crippen LogP contribution in [0.3, 0.4) is 0 Å². The quantitative estimate of drug-likeness (QED) is 0.820. The van der Waals surface area contributed by atoms with Crippen LogP contribution < -0.4 is 5.32 Å².